The fraction of sp³-hybridized carbons (Fsp3) is 0.333. The lowest BCUT2D eigenvalue weighted by atomic mass is 10.0. The standard InChI is InChI=1S/C21H25N5O3S/c1-13(2)17(25-21(29)22-11-14-7-5-4-6-8-14)20(28)26(3)12-16-23-15-9-10-30-18(15)19(27)24-16/h4-10,13,17H,11-12H2,1-3H3,(H2,22,25,29)(H,23,24,27). The highest BCUT2D eigenvalue weighted by Crippen LogP contribution is 2.14. The van der Waals surface area contributed by atoms with E-state index in [4.69, 9.17) is 0 Å². The van der Waals surface area contributed by atoms with E-state index in [1.807, 2.05) is 44.2 Å². The first-order valence-electron chi connectivity index (χ1n) is 9.65. The molecular formula is C21H25N5O3S. The van der Waals surface area contributed by atoms with Gasteiger partial charge in [0, 0.05) is 13.6 Å². The third-order valence-electron chi connectivity index (χ3n) is 4.64. The number of likely N-dealkylation sites (N-methyl/N-ethyl adjacent to an activating group) is 1. The van der Waals surface area contributed by atoms with E-state index in [0.717, 1.165) is 5.56 Å². The van der Waals surface area contributed by atoms with E-state index in [1.165, 1.54) is 16.2 Å². The van der Waals surface area contributed by atoms with E-state index in [9.17, 15) is 14.4 Å². The molecule has 0 bridgehead atoms. The van der Waals surface area contributed by atoms with Crippen molar-refractivity contribution in [3.63, 3.8) is 0 Å². The topological polar surface area (TPSA) is 107 Å². The van der Waals surface area contributed by atoms with E-state index in [0.29, 0.717) is 22.6 Å². The number of nitrogens with zero attached hydrogens (tertiary/aromatic N) is 2. The van der Waals surface area contributed by atoms with Crippen LogP contribution in [0.15, 0.2) is 46.6 Å². The van der Waals surface area contributed by atoms with Crippen LogP contribution in [-0.4, -0.2) is 39.9 Å². The van der Waals surface area contributed by atoms with Crippen LogP contribution >= 0.6 is 11.3 Å². The van der Waals surface area contributed by atoms with Crippen LogP contribution in [0.1, 0.15) is 25.2 Å². The van der Waals surface area contributed by atoms with Crippen LogP contribution < -0.4 is 16.2 Å². The second-order valence-corrected chi connectivity index (χ2v) is 8.29. The lowest BCUT2D eigenvalue weighted by Gasteiger charge is -2.27. The molecule has 3 rings (SSSR count). The smallest absolute Gasteiger partial charge is 0.315 e. The number of benzene rings is 1. The van der Waals surface area contributed by atoms with E-state index in [1.54, 1.807) is 18.5 Å². The normalized spacial score (nSPS) is 12.0. The quantitative estimate of drug-likeness (QED) is 0.538. The van der Waals surface area contributed by atoms with Crippen LogP contribution in [0.2, 0.25) is 0 Å². The molecular weight excluding hydrogens is 402 g/mol. The van der Waals surface area contributed by atoms with Crippen LogP contribution in [0, 0.1) is 5.92 Å². The van der Waals surface area contributed by atoms with E-state index in [-0.39, 0.29) is 23.9 Å². The Morgan fingerprint density at radius 3 is 2.63 bits per heavy atom. The maximum Gasteiger partial charge on any atom is 0.315 e. The third kappa shape index (κ3) is 5.24. The average molecular weight is 428 g/mol. The zero-order valence-electron chi connectivity index (χ0n) is 17.1. The zero-order chi connectivity index (χ0) is 21.7. The minimum Gasteiger partial charge on any atom is -0.336 e. The summed E-state index contributed by atoms with van der Waals surface area (Å²) >= 11 is 1.33. The number of nitrogens with one attached hydrogen (secondary N) is 3. The molecule has 1 atom stereocenters. The number of hydrogen-bond donors (Lipinski definition) is 3. The summed E-state index contributed by atoms with van der Waals surface area (Å²) in [5.41, 5.74) is 1.36. The predicted molar refractivity (Wildman–Crippen MR) is 117 cm³/mol. The number of aromatic amines is 1. The number of urea groups is 1. The fourth-order valence-electron chi connectivity index (χ4n) is 3.02. The van der Waals surface area contributed by atoms with Crippen molar-refractivity contribution in [3.05, 3.63) is 63.5 Å². The van der Waals surface area contributed by atoms with Gasteiger partial charge in [0.1, 0.15) is 16.6 Å². The van der Waals surface area contributed by atoms with Crippen LogP contribution in [-0.2, 0) is 17.9 Å². The Bertz CT molecular complexity index is 1080. The molecule has 0 spiro atoms. The van der Waals surface area contributed by atoms with Crippen LogP contribution in [0.5, 0.6) is 0 Å². The van der Waals surface area contributed by atoms with Gasteiger partial charge in [-0.3, -0.25) is 9.59 Å². The van der Waals surface area contributed by atoms with E-state index >= 15 is 0 Å². The summed E-state index contributed by atoms with van der Waals surface area (Å²) < 4.78 is 0.560. The van der Waals surface area contributed by atoms with E-state index < -0.39 is 12.1 Å². The molecule has 0 aliphatic heterocycles. The molecule has 9 heteroatoms. The molecule has 2 heterocycles. The monoisotopic (exact) mass is 427 g/mol. The van der Waals surface area contributed by atoms with Crippen molar-refractivity contribution in [1.82, 2.24) is 25.5 Å². The maximum atomic E-state index is 13.0. The van der Waals surface area contributed by atoms with Gasteiger partial charge in [-0.15, -0.1) is 11.3 Å². The number of H-pyrrole nitrogens is 1. The Kier molecular flexibility index (Phi) is 6.83. The van der Waals surface area contributed by atoms with Gasteiger partial charge >= 0.3 is 6.03 Å². The largest absolute Gasteiger partial charge is 0.336 e. The van der Waals surface area contributed by atoms with Crippen LogP contribution in [0.25, 0.3) is 10.2 Å². The molecule has 3 N–H and O–H groups in total. The lowest BCUT2D eigenvalue weighted by molar-refractivity contribution is -0.133. The molecule has 8 nitrogen and oxygen atoms in total. The van der Waals surface area contributed by atoms with Crippen LogP contribution in [0.3, 0.4) is 0 Å². The molecule has 1 aromatic carbocycles. The molecule has 1 unspecified atom stereocenters. The van der Waals surface area contributed by atoms with Gasteiger partial charge in [0.2, 0.25) is 5.91 Å². The Morgan fingerprint density at radius 2 is 1.93 bits per heavy atom. The number of amides is 3. The zero-order valence-corrected chi connectivity index (χ0v) is 18.0. The Balaban J connectivity index is 1.63. The van der Waals surface area contributed by atoms with Crippen molar-refractivity contribution < 1.29 is 9.59 Å². The number of rotatable bonds is 7. The molecule has 0 radical (unpaired) electrons. The minimum atomic E-state index is -0.706. The molecule has 0 saturated carbocycles. The maximum absolute atomic E-state index is 13.0. The average Bonchev–Trinajstić information content (AvgIpc) is 3.19. The van der Waals surface area contributed by atoms with Gasteiger partial charge in [-0.05, 0) is 22.9 Å². The Morgan fingerprint density at radius 1 is 1.20 bits per heavy atom. The highest BCUT2D eigenvalue weighted by molar-refractivity contribution is 7.17. The highest BCUT2D eigenvalue weighted by atomic mass is 32.1. The highest BCUT2D eigenvalue weighted by Gasteiger charge is 2.27. The molecule has 0 aliphatic rings. The number of aromatic nitrogens is 2. The predicted octanol–water partition coefficient (Wildman–Crippen LogP) is 2.47. The summed E-state index contributed by atoms with van der Waals surface area (Å²) in [4.78, 5) is 46.0. The molecule has 3 aromatic rings. The minimum absolute atomic E-state index is 0.117. The number of hydrogen-bond acceptors (Lipinski definition) is 5. The number of carbonyl (C=O) groups is 2. The second kappa shape index (κ2) is 9.53. The van der Waals surface area contributed by atoms with Crippen molar-refractivity contribution >= 4 is 33.5 Å². The molecule has 0 fully saturated rings. The first-order chi connectivity index (χ1) is 14.3. The summed E-state index contributed by atoms with van der Waals surface area (Å²) in [6.07, 6.45) is 0. The summed E-state index contributed by atoms with van der Waals surface area (Å²) in [6.45, 7) is 4.24. The molecule has 158 valence electrons. The van der Waals surface area contributed by atoms with Crippen molar-refractivity contribution in [1.29, 1.82) is 0 Å². The van der Waals surface area contributed by atoms with Gasteiger partial charge in [0.25, 0.3) is 5.56 Å². The second-order valence-electron chi connectivity index (χ2n) is 7.38. The summed E-state index contributed by atoms with van der Waals surface area (Å²) in [6, 6.07) is 10.2. The molecule has 3 amide bonds. The Hall–Kier alpha value is -3.20. The van der Waals surface area contributed by atoms with Crippen LogP contribution in [0.4, 0.5) is 4.79 Å². The number of fused-ring (bicyclic) bond motifs is 1. The number of carbonyl (C=O) groups excluding carboxylic acids is 2. The van der Waals surface area contributed by atoms with Crippen molar-refractivity contribution in [2.45, 2.75) is 33.0 Å². The SMILES string of the molecule is CC(C)C(NC(=O)NCc1ccccc1)C(=O)N(C)Cc1nc2ccsc2c(=O)[nH]1. The molecule has 2 aromatic heterocycles. The van der Waals surface area contributed by atoms with Gasteiger partial charge in [-0.2, -0.15) is 0 Å². The van der Waals surface area contributed by atoms with Gasteiger partial charge in [0.05, 0.1) is 12.1 Å². The Labute approximate surface area is 178 Å². The van der Waals surface area contributed by atoms with Crippen molar-refractivity contribution in [2.24, 2.45) is 5.92 Å². The molecule has 0 aliphatic carbocycles. The van der Waals surface area contributed by atoms with Gasteiger partial charge in [0.15, 0.2) is 0 Å². The van der Waals surface area contributed by atoms with Gasteiger partial charge in [-0.1, -0.05) is 44.2 Å². The van der Waals surface area contributed by atoms with Gasteiger partial charge < -0.3 is 20.5 Å². The van der Waals surface area contributed by atoms with E-state index in [2.05, 4.69) is 20.6 Å². The number of thiophene rings is 1. The summed E-state index contributed by atoms with van der Waals surface area (Å²) in [5.74, 6) is 0.0273. The lowest BCUT2D eigenvalue weighted by Crippen LogP contribution is -2.52. The van der Waals surface area contributed by atoms with Gasteiger partial charge in [-0.25, -0.2) is 9.78 Å². The summed E-state index contributed by atoms with van der Waals surface area (Å²) in [5, 5.41) is 7.33. The molecule has 0 saturated heterocycles. The first-order valence-corrected chi connectivity index (χ1v) is 10.5. The third-order valence-corrected chi connectivity index (χ3v) is 5.54. The fourth-order valence-corrected chi connectivity index (χ4v) is 3.75. The van der Waals surface area contributed by atoms with Crippen molar-refractivity contribution in [3.8, 4) is 0 Å². The summed E-state index contributed by atoms with van der Waals surface area (Å²) in [7, 11) is 1.62. The first kappa shape index (κ1) is 21.5. The molecule has 30 heavy (non-hydrogen) atoms. The van der Waals surface area contributed by atoms with Crippen molar-refractivity contribution in [2.75, 3.05) is 7.05 Å².